The summed E-state index contributed by atoms with van der Waals surface area (Å²) in [5, 5.41) is 0. The molecule has 2 N–H and O–H groups in total. The van der Waals surface area contributed by atoms with Crippen molar-refractivity contribution in [1.82, 2.24) is 0 Å². The summed E-state index contributed by atoms with van der Waals surface area (Å²) in [6.07, 6.45) is 0.687. The van der Waals surface area contributed by atoms with E-state index in [-0.39, 0.29) is 6.61 Å². The van der Waals surface area contributed by atoms with Gasteiger partial charge >= 0.3 is 0 Å². The molecule has 1 rings (SSSR count). The van der Waals surface area contributed by atoms with Crippen LogP contribution >= 0.6 is 0 Å². The normalized spacial score (nSPS) is 11.7. The zero-order valence-corrected chi connectivity index (χ0v) is 10.5. The van der Waals surface area contributed by atoms with Crippen molar-refractivity contribution in [2.75, 3.05) is 13.2 Å². The second-order valence-corrected chi connectivity index (χ2v) is 3.84. The van der Waals surface area contributed by atoms with E-state index in [4.69, 9.17) is 15.2 Å². The lowest BCUT2D eigenvalue weighted by atomic mass is 10.2. The number of benzene rings is 1. The quantitative estimate of drug-likeness (QED) is 0.743. The van der Waals surface area contributed by atoms with Crippen molar-refractivity contribution in [3.05, 3.63) is 23.8 Å². The maximum absolute atomic E-state index is 10.9. The first-order valence-electron chi connectivity index (χ1n) is 5.73. The van der Waals surface area contributed by atoms with Gasteiger partial charge in [0.25, 0.3) is 0 Å². The average Bonchev–Trinajstić information content (AvgIpc) is 2.36. The van der Waals surface area contributed by atoms with Crippen LogP contribution in [0.2, 0.25) is 0 Å². The van der Waals surface area contributed by atoms with Gasteiger partial charge in [-0.3, -0.25) is 9.59 Å². The number of nitrogens with two attached hydrogens (primary N) is 1. The second kappa shape index (κ2) is 6.64. The summed E-state index contributed by atoms with van der Waals surface area (Å²) in [6.45, 7) is 4.07. The molecule has 1 atom stereocenters. The van der Waals surface area contributed by atoms with Gasteiger partial charge in [-0.25, -0.2) is 0 Å². The Morgan fingerprint density at radius 2 is 2.17 bits per heavy atom. The number of amides is 1. The minimum absolute atomic E-state index is 0.111. The predicted molar refractivity (Wildman–Crippen MR) is 66.9 cm³/mol. The Balaban J connectivity index is 2.90. The summed E-state index contributed by atoms with van der Waals surface area (Å²) in [7, 11) is 0. The maximum Gasteiger partial charge on any atom is 0.223 e. The Kier molecular flexibility index (Phi) is 5.17. The minimum atomic E-state index is -0.448. The predicted octanol–water partition coefficient (Wildman–Crippen LogP) is 1.40. The Labute approximate surface area is 106 Å². The molecule has 0 aromatic heterocycles. The first-order chi connectivity index (χ1) is 8.60. The molecule has 0 spiro atoms. The van der Waals surface area contributed by atoms with Crippen LogP contribution in [0.15, 0.2) is 18.2 Å². The van der Waals surface area contributed by atoms with Crippen LogP contribution in [0.5, 0.6) is 11.5 Å². The Hall–Kier alpha value is -2.04. The fourth-order valence-electron chi connectivity index (χ4n) is 1.34. The smallest absolute Gasteiger partial charge is 0.223 e. The number of primary amides is 1. The van der Waals surface area contributed by atoms with E-state index < -0.39 is 11.8 Å². The van der Waals surface area contributed by atoms with E-state index in [0.717, 1.165) is 0 Å². The molecule has 1 amide bonds. The molecule has 0 radical (unpaired) electrons. The van der Waals surface area contributed by atoms with Gasteiger partial charge in [-0.15, -0.1) is 0 Å². The lowest BCUT2D eigenvalue weighted by Gasteiger charge is -2.15. The number of aldehydes is 1. The lowest BCUT2D eigenvalue weighted by Crippen LogP contribution is -2.26. The molecule has 0 aliphatic carbocycles. The third kappa shape index (κ3) is 3.48. The highest BCUT2D eigenvalue weighted by atomic mass is 16.5. The van der Waals surface area contributed by atoms with Gasteiger partial charge in [0.1, 0.15) is 0 Å². The SMILES string of the molecule is CCOc1cccc(C=O)c1OCC(C)C(N)=O. The average molecular weight is 251 g/mol. The van der Waals surface area contributed by atoms with Gasteiger partial charge in [0.05, 0.1) is 24.7 Å². The van der Waals surface area contributed by atoms with Crippen molar-refractivity contribution in [2.24, 2.45) is 11.7 Å². The number of carbonyl (C=O) groups is 2. The monoisotopic (exact) mass is 251 g/mol. The van der Waals surface area contributed by atoms with Gasteiger partial charge in [0, 0.05) is 0 Å². The van der Waals surface area contributed by atoms with E-state index >= 15 is 0 Å². The highest BCUT2D eigenvalue weighted by Crippen LogP contribution is 2.30. The molecule has 0 fully saturated rings. The zero-order valence-electron chi connectivity index (χ0n) is 10.5. The van der Waals surface area contributed by atoms with Gasteiger partial charge in [-0.2, -0.15) is 0 Å². The third-order valence-electron chi connectivity index (χ3n) is 2.40. The van der Waals surface area contributed by atoms with Gasteiger partial charge in [-0.1, -0.05) is 13.0 Å². The fraction of sp³-hybridized carbons (Fsp3) is 0.385. The molecule has 5 nitrogen and oxygen atoms in total. The van der Waals surface area contributed by atoms with Crippen molar-refractivity contribution >= 4 is 12.2 Å². The lowest BCUT2D eigenvalue weighted by molar-refractivity contribution is -0.122. The molecule has 0 bridgehead atoms. The van der Waals surface area contributed by atoms with E-state index in [1.54, 1.807) is 25.1 Å². The third-order valence-corrected chi connectivity index (χ3v) is 2.40. The van der Waals surface area contributed by atoms with E-state index in [1.165, 1.54) is 0 Å². The zero-order chi connectivity index (χ0) is 13.5. The van der Waals surface area contributed by atoms with E-state index in [1.807, 2.05) is 6.92 Å². The summed E-state index contributed by atoms with van der Waals surface area (Å²) in [4.78, 5) is 21.9. The first kappa shape index (κ1) is 14.0. The second-order valence-electron chi connectivity index (χ2n) is 3.84. The molecule has 5 heteroatoms. The van der Waals surface area contributed by atoms with Crippen molar-refractivity contribution in [2.45, 2.75) is 13.8 Å². The van der Waals surface area contributed by atoms with Crippen LogP contribution in [-0.4, -0.2) is 25.4 Å². The van der Waals surface area contributed by atoms with Crippen molar-refractivity contribution < 1.29 is 19.1 Å². The van der Waals surface area contributed by atoms with Crippen LogP contribution in [0.1, 0.15) is 24.2 Å². The Bertz CT molecular complexity index is 431. The maximum atomic E-state index is 10.9. The van der Waals surface area contributed by atoms with E-state index in [0.29, 0.717) is 30.0 Å². The van der Waals surface area contributed by atoms with Crippen molar-refractivity contribution in [1.29, 1.82) is 0 Å². The van der Waals surface area contributed by atoms with Gasteiger partial charge < -0.3 is 15.2 Å². The topological polar surface area (TPSA) is 78.6 Å². The minimum Gasteiger partial charge on any atom is -0.490 e. The summed E-state index contributed by atoms with van der Waals surface area (Å²) in [5.41, 5.74) is 5.53. The molecule has 0 heterocycles. The van der Waals surface area contributed by atoms with E-state index in [2.05, 4.69) is 0 Å². The molecular weight excluding hydrogens is 234 g/mol. The van der Waals surface area contributed by atoms with Crippen LogP contribution in [0.4, 0.5) is 0 Å². The molecule has 98 valence electrons. The molecule has 18 heavy (non-hydrogen) atoms. The Morgan fingerprint density at radius 1 is 1.44 bits per heavy atom. The number of para-hydroxylation sites is 1. The van der Waals surface area contributed by atoms with Crippen LogP contribution in [0.3, 0.4) is 0 Å². The van der Waals surface area contributed by atoms with Crippen LogP contribution < -0.4 is 15.2 Å². The standard InChI is InChI=1S/C13H17NO4/c1-3-17-11-6-4-5-10(7-15)12(11)18-8-9(2)13(14)16/h4-7,9H,3,8H2,1-2H3,(H2,14,16). The van der Waals surface area contributed by atoms with E-state index in [9.17, 15) is 9.59 Å². The summed E-state index contributed by atoms with van der Waals surface area (Å²) in [5.74, 6) is -0.0445. The van der Waals surface area contributed by atoms with Crippen LogP contribution in [0, 0.1) is 5.92 Å². The fourth-order valence-corrected chi connectivity index (χ4v) is 1.34. The van der Waals surface area contributed by atoms with Gasteiger partial charge in [0.15, 0.2) is 17.8 Å². The van der Waals surface area contributed by atoms with Crippen molar-refractivity contribution in [3.63, 3.8) is 0 Å². The summed E-state index contributed by atoms with van der Waals surface area (Å²) < 4.78 is 10.8. The molecule has 0 saturated carbocycles. The van der Waals surface area contributed by atoms with Gasteiger partial charge in [0.2, 0.25) is 5.91 Å². The molecule has 1 aromatic rings. The highest BCUT2D eigenvalue weighted by molar-refractivity contribution is 5.81. The number of hydrogen-bond acceptors (Lipinski definition) is 4. The van der Waals surface area contributed by atoms with Crippen LogP contribution in [0.25, 0.3) is 0 Å². The molecule has 1 aromatic carbocycles. The molecule has 1 unspecified atom stereocenters. The van der Waals surface area contributed by atoms with Crippen molar-refractivity contribution in [3.8, 4) is 11.5 Å². The number of carbonyl (C=O) groups excluding carboxylic acids is 2. The number of rotatable bonds is 7. The van der Waals surface area contributed by atoms with Gasteiger partial charge in [-0.05, 0) is 19.1 Å². The number of hydrogen-bond donors (Lipinski definition) is 1. The Morgan fingerprint density at radius 3 is 2.72 bits per heavy atom. The molecular formula is C13H17NO4. The summed E-state index contributed by atoms with van der Waals surface area (Å²) >= 11 is 0. The first-order valence-corrected chi connectivity index (χ1v) is 5.73. The molecule has 0 aliphatic heterocycles. The highest BCUT2D eigenvalue weighted by Gasteiger charge is 2.14. The van der Waals surface area contributed by atoms with Crippen LogP contribution in [-0.2, 0) is 4.79 Å². The number of ether oxygens (including phenoxy) is 2. The molecule has 0 saturated heterocycles. The summed E-state index contributed by atoms with van der Waals surface area (Å²) in [6, 6.07) is 5.04. The largest absolute Gasteiger partial charge is 0.490 e. The molecule has 0 aliphatic rings.